The Morgan fingerprint density at radius 1 is 0.767 bits per heavy atom. The number of aliphatic carboxylic acids is 2. The summed E-state index contributed by atoms with van der Waals surface area (Å²) in [6, 6.07) is 6.27. The average Bonchev–Trinajstić information content (AvgIpc) is 2.70. The lowest BCUT2D eigenvalue weighted by molar-refractivity contribution is -0.137. The summed E-state index contributed by atoms with van der Waals surface area (Å²) in [7, 11) is 0. The Morgan fingerprint density at radius 2 is 1.13 bits per heavy atom. The number of hydrogen-bond acceptors (Lipinski definition) is 6. The molecule has 0 fully saturated rings. The first-order valence-corrected chi connectivity index (χ1v) is 9.64. The molecule has 10 heteroatoms. The maximum Gasteiger partial charge on any atom is 0.305 e. The van der Waals surface area contributed by atoms with Crippen LogP contribution in [0, 0.1) is 0 Å². The van der Waals surface area contributed by atoms with E-state index in [1.165, 1.54) is 12.1 Å². The highest BCUT2D eigenvalue weighted by atomic mass is 35.5. The zero-order chi connectivity index (χ0) is 22.0. The highest BCUT2D eigenvalue weighted by molar-refractivity contribution is 6.48. The smallest absolute Gasteiger partial charge is 0.305 e. The monoisotopic (exact) mass is 450 g/mol. The van der Waals surface area contributed by atoms with E-state index in [4.69, 9.17) is 33.4 Å². The summed E-state index contributed by atoms with van der Waals surface area (Å²) in [6.45, 7) is -0.0978. The Balaban J connectivity index is 2.18. The van der Waals surface area contributed by atoms with E-state index in [1.54, 1.807) is 12.1 Å². The van der Waals surface area contributed by atoms with Gasteiger partial charge >= 0.3 is 11.9 Å². The van der Waals surface area contributed by atoms with E-state index in [1.807, 2.05) is 0 Å². The van der Waals surface area contributed by atoms with Crippen LogP contribution in [-0.2, 0) is 9.59 Å². The molecule has 2 aromatic carbocycles. The third kappa shape index (κ3) is 3.96. The zero-order valence-corrected chi connectivity index (χ0v) is 16.9. The number of carbonyl (C=O) groups is 4. The van der Waals surface area contributed by atoms with Crippen molar-refractivity contribution in [3.05, 3.63) is 56.6 Å². The molecule has 156 valence electrons. The SMILES string of the molecule is O=C(O)CCNc1c(Cl)c(Cl)c(NCCC(=O)O)c2c1C(=O)c1ccccc1C2=O. The molecule has 0 atom stereocenters. The van der Waals surface area contributed by atoms with Crippen LogP contribution in [-0.4, -0.2) is 46.8 Å². The molecule has 8 nitrogen and oxygen atoms in total. The van der Waals surface area contributed by atoms with Crippen molar-refractivity contribution < 1.29 is 29.4 Å². The largest absolute Gasteiger partial charge is 0.481 e. The molecule has 0 spiro atoms. The lowest BCUT2D eigenvalue weighted by Gasteiger charge is -2.26. The van der Waals surface area contributed by atoms with E-state index >= 15 is 0 Å². The van der Waals surface area contributed by atoms with Gasteiger partial charge in [0, 0.05) is 24.2 Å². The molecule has 1 aliphatic rings. The van der Waals surface area contributed by atoms with Crippen molar-refractivity contribution in [1.82, 2.24) is 0 Å². The molecule has 0 unspecified atom stereocenters. The predicted molar refractivity (Wildman–Crippen MR) is 111 cm³/mol. The van der Waals surface area contributed by atoms with Gasteiger partial charge in [-0.1, -0.05) is 47.5 Å². The Labute approximate surface area is 180 Å². The number of halogens is 2. The Kier molecular flexibility index (Phi) is 6.28. The fourth-order valence-electron chi connectivity index (χ4n) is 3.21. The summed E-state index contributed by atoms with van der Waals surface area (Å²) in [5, 5.41) is 23.2. The van der Waals surface area contributed by atoms with Crippen LogP contribution in [0.3, 0.4) is 0 Å². The number of rotatable bonds is 8. The van der Waals surface area contributed by atoms with Crippen molar-refractivity contribution in [3.63, 3.8) is 0 Å². The molecular formula is C20H16Cl2N2O6. The number of benzene rings is 2. The van der Waals surface area contributed by atoms with Gasteiger partial charge < -0.3 is 20.8 Å². The number of ketones is 2. The minimum absolute atomic E-state index is 0.0312. The van der Waals surface area contributed by atoms with Crippen molar-refractivity contribution in [3.8, 4) is 0 Å². The number of hydrogen-bond donors (Lipinski definition) is 4. The van der Waals surface area contributed by atoms with E-state index in [2.05, 4.69) is 10.6 Å². The lowest BCUT2D eigenvalue weighted by Crippen LogP contribution is -2.25. The van der Waals surface area contributed by atoms with E-state index in [0.717, 1.165) is 0 Å². The Morgan fingerprint density at radius 3 is 1.47 bits per heavy atom. The van der Waals surface area contributed by atoms with Gasteiger partial charge in [-0.25, -0.2) is 0 Å². The quantitative estimate of drug-likeness (QED) is 0.409. The second kappa shape index (κ2) is 8.73. The number of anilines is 2. The molecular weight excluding hydrogens is 435 g/mol. The summed E-state index contributed by atoms with van der Waals surface area (Å²) in [4.78, 5) is 48.2. The van der Waals surface area contributed by atoms with Crippen LogP contribution in [0.1, 0.15) is 44.7 Å². The van der Waals surface area contributed by atoms with E-state index < -0.39 is 23.5 Å². The normalized spacial score (nSPS) is 12.2. The summed E-state index contributed by atoms with van der Waals surface area (Å²) >= 11 is 12.7. The van der Waals surface area contributed by atoms with Gasteiger partial charge in [-0.05, 0) is 0 Å². The van der Waals surface area contributed by atoms with Crippen molar-refractivity contribution in [2.75, 3.05) is 23.7 Å². The van der Waals surface area contributed by atoms with Gasteiger partial charge in [-0.3, -0.25) is 19.2 Å². The van der Waals surface area contributed by atoms with Gasteiger partial charge in [0.2, 0.25) is 0 Å². The maximum atomic E-state index is 13.2. The molecule has 0 heterocycles. The first-order chi connectivity index (χ1) is 14.2. The second-order valence-corrected chi connectivity index (χ2v) is 7.23. The van der Waals surface area contributed by atoms with Crippen LogP contribution in [0.2, 0.25) is 10.0 Å². The highest BCUT2D eigenvalue weighted by Crippen LogP contribution is 2.46. The summed E-state index contributed by atoms with van der Waals surface area (Å²) < 4.78 is 0. The van der Waals surface area contributed by atoms with Gasteiger partial charge in [0.05, 0.1) is 45.4 Å². The first-order valence-electron chi connectivity index (χ1n) is 8.88. The number of carbonyl (C=O) groups excluding carboxylic acids is 2. The minimum Gasteiger partial charge on any atom is -0.481 e. The van der Waals surface area contributed by atoms with Gasteiger partial charge in [-0.15, -0.1) is 0 Å². The molecule has 0 amide bonds. The van der Waals surface area contributed by atoms with Gasteiger partial charge in [0.25, 0.3) is 0 Å². The molecule has 0 saturated carbocycles. The molecule has 0 saturated heterocycles. The molecule has 0 aliphatic heterocycles. The number of carboxylic acids is 2. The number of carboxylic acid groups (broad SMARTS) is 2. The number of fused-ring (bicyclic) bond motifs is 2. The van der Waals surface area contributed by atoms with Crippen molar-refractivity contribution in [2.24, 2.45) is 0 Å². The van der Waals surface area contributed by atoms with Crippen LogP contribution < -0.4 is 10.6 Å². The molecule has 0 bridgehead atoms. The van der Waals surface area contributed by atoms with Crippen molar-refractivity contribution in [1.29, 1.82) is 0 Å². The fourth-order valence-corrected chi connectivity index (χ4v) is 3.72. The van der Waals surface area contributed by atoms with Crippen LogP contribution in [0.4, 0.5) is 11.4 Å². The number of nitrogens with one attached hydrogen (secondary N) is 2. The van der Waals surface area contributed by atoms with E-state index in [0.29, 0.717) is 0 Å². The topological polar surface area (TPSA) is 133 Å². The minimum atomic E-state index is -1.06. The second-order valence-electron chi connectivity index (χ2n) is 6.47. The van der Waals surface area contributed by atoms with Gasteiger partial charge in [-0.2, -0.15) is 0 Å². The molecule has 2 aromatic rings. The van der Waals surface area contributed by atoms with Crippen molar-refractivity contribution >= 4 is 58.1 Å². The fraction of sp³-hybridized carbons (Fsp3) is 0.200. The Hall–Kier alpha value is -3.10. The lowest BCUT2D eigenvalue weighted by atomic mass is 9.82. The van der Waals surface area contributed by atoms with Crippen LogP contribution >= 0.6 is 23.2 Å². The molecule has 3 rings (SSSR count). The molecule has 4 N–H and O–H groups in total. The molecule has 0 aromatic heterocycles. The van der Waals surface area contributed by atoms with E-state index in [9.17, 15) is 19.2 Å². The third-order valence-electron chi connectivity index (χ3n) is 4.53. The third-order valence-corrected chi connectivity index (χ3v) is 5.39. The molecule has 30 heavy (non-hydrogen) atoms. The highest BCUT2D eigenvalue weighted by Gasteiger charge is 2.36. The van der Waals surface area contributed by atoms with Gasteiger partial charge in [0.1, 0.15) is 0 Å². The predicted octanol–water partition coefficient (Wildman–Crippen LogP) is 3.54. The van der Waals surface area contributed by atoms with Crippen molar-refractivity contribution in [2.45, 2.75) is 12.8 Å². The summed E-state index contributed by atoms with van der Waals surface area (Å²) in [5.41, 5.74) is 0.439. The standard InChI is InChI=1S/C20H16Cl2N2O6/c21-15-16(22)18(24-8-6-12(27)28)14-13(17(15)23-7-5-11(25)26)19(29)9-3-1-2-4-10(9)20(14)30/h1-4,23-24H,5-8H2,(H,25,26)(H,27,28). The van der Waals surface area contributed by atoms with Crippen LogP contribution in [0.5, 0.6) is 0 Å². The zero-order valence-electron chi connectivity index (χ0n) is 15.4. The Bertz CT molecular complexity index is 999. The summed E-state index contributed by atoms with van der Waals surface area (Å²) in [5.74, 6) is -3.06. The summed E-state index contributed by atoms with van der Waals surface area (Å²) in [6.07, 6.45) is -0.500. The van der Waals surface area contributed by atoms with E-state index in [-0.39, 0.29) is 69.6 Å². The first kappa shape index (κ1) is 21.6. The van der Waals surface area contributed by atoms with Gasteiger partial charge in [0.15, 0.2) is 11.6 Å². The maximum absolute atomic E-state index is 13.2. The molecule has 1 aliphatic carbocycles. The van der Waals surface area contributed by atoms with Crippen LogP contribution in [0.25, 0.3) is 0 Å². The average molecular weight is 451 g/mol. The molecule has 0 radical (unpaired) electrons. The van der Waals surface area contributed by atoms with Crippen LogP contribution in [0.15, 0.2) is 24.3 Å².